The Morgan fingerprint density at radius 1 is 0.147 bits per heavy atom. The molecule has 8 heterocycles. The second-order valence-corrected chi connectivity index (χ2v) is 39.3. The van der Waals surface area contributed by atoms with Crippen molar-refractivity contribution in [2.45, 2.75) is 55.4 Å². The van der Waals surface area contributed by atoms with Crippen LogP contribution in [0.3, 0.4) is 0 Å². The van der Waals surface area contributed by atoms with Gasteiger partial charge in [-0.1, -0.05) is 349 Å². The number of furan rings is 4. The van der Waals surface area contributed by atoms with Crippen LogP contribution in [0.4, 0.5) is 0 Å². The standard InChI is InChI=1S/4C19H14O.4C13H10S/c1-13-5-4-6-14(11-13)15-9-10-19-17(12-15)16-7-2-3-8-18(16)20-19;1-13-9-11-14(12-10-13)15-6-4-8-18-19(15)16-5-2-3-7-17(16)20-18;1-13-6-8-14(9-7-13)15-10-11-19-17(12-15)16-4-2-3-5-18(16)20-19;1-13-6-8-14(9-7-13)15-10-11-17-16-4-2-3-5-18(16)20-19(17)12-15;1-9-5-4-7-11-10-6-2-3-8-12(10)14-13(9)11;1-9-5-4-8-12-13(9)10-6-2-3-7-11(10)14-12;2*1-9-6-7-13-11(8-9)10-4-2-3-5-12(10)14-13/h4*2-12H,1H3;4*2-8H,1H3. The van der Waals surface area contributed by atoms with Crippen LogP contribution in [0.1, 0.15) is 44.5 Å². The van der Waals surface area contributed by atoms with E-state index in [1.54, 1.807) is 0 Å². The molecule has 20 aromatic carbocycles. The lowest BCUT2D eigenvalue weighted by molar-refractivity contribution is 0.668. The SMILES string of the molecule is Cc1ccc(-c2ccc3c(c2)oc2ccccc23)cc1.Cc1ccc(-c2ccc3oc4ccccc4c3c2)cc1.Cc1ccc(-c2cccc3oc4ccccc4c23)cc1.Cc1ccc2sc3ccccc3c2c1.Cc1ccc2sc3ccccc3c2c1.Cc1cccc(-c2ccc3oc4ccccc4c3c2)c1.Cc1cccc2c1sc1ccccc12.Cc1cccc2sc3ccccc3c12. The zero-order valence-electron chi connectivity index (χ0n) is 76.8. The van der Waals surface area contributed by atoms with Crippen LogP contribution in [-0.4, -0.2) is 0 Å². The molecule has 0 amide bonds. The van der Waals surface area contributed by atoms with Crippen LogP contribution in [0.5, 0.6) is 0 Å². The molecule has 0 spiro atoms. The summed E-state index contributed by atoms with van der Waals surface area (Å²) in [5.41, 5.74) is 27.9. The van der Waals surface area contributed by atoms with Gasteiger partial charge in [0.2, 0.25) is 0 Å². The number of thiophene rings is 4. The highest BCUT2D eigenvalue weighted by Gasteiger charge is 2.17. The van der Waals surface area contributed by atoms with Crippen molar-refractivity contribution in [3.05, 3.63) is 481 Å². The number of fused-ring (bicyclic) bond motifs is 24. The summed E-state index contributed by atoms with van der Waals surface area (Å²) in [5.74, 6) is 0. The van der Waals surface area contributed by atoms with Gasteiger partial charge in [-0.3, -0.25) is 0 Å². The van der Waals surface area contributed by atoms with Gasteiger partial charge in [-0.05, 0) is 232 Å². The monoisotopic (exact) mass is 1820 g/mol. The molecule has 136 heavy (non-hydrogen) atoms. The molecule has 0 saturated carbocycles. The largest absolute Gasteiger partial charge is 0.456 e. The lowest BCUT2D eigenvalue weighted by Gasteiger charge is -2.04. The van der Waals surface area contributed by atoms with E-state index in [1.807, 2.05) is 106 Å². The van der Waals surface area contributed by atoms with Gasteiger partial charge in [-0.15, -0.1) is 45.3 Å². The van der Waals surface area contributed by atoms with Crippen LogP contribution in [0.2, 0.25) is 0 Å². The van der Waals surface area contributed by atoms with Crippen molar-refractivity contribution in [1.82, 2.24) is 0 Å². The molecule has 0 aliphatic rings. The fourth-order valence-corrected chi connectivity index (χ4v) is 22.8. The van der Waals surface area contributed by atoms with Gasteiger partial charge in [-0.25, -0.2) is 0 Å². The van der Waals surface area contributed by atoms with E-state index in [0.717, 1.165) is 44.7 Å². The second-order valence-electron chi connectivity index (χ2n) is 35.0. The quantitative estimate of drug-likeness (QED) is 0.176. The number of benzene rings is 20. The Hall–Kier alpha value is -15.5. The third kappa shape index (κ3) is 18.2. The van der Waals surface area contributed by atoms with Crippen LogP contribution in [0.25, 0.3) is 213 Å². The van der Waals surface area contributed by atoms with Gasteiger partial charge >= 0.3 is 0 Å². The summed E-state index contributed by atoms with van der Waals surface area (Å²) in [5, 5.41) is 20.6. The van der Waals surface area contributed by atoms with E-state index in [-0.39, 0.29) is 0 Å². The van der Waals surface area contributed by atoms with Crippen molar-refractivity contribution in [3.8, 4) is 44.5 Å². The summed E-state index contributed by atoms with van der Waals surface area (Å²) >= 11 is 7.50. The van der Waals surface area contributed by atoms with Gasteiger partial charge in [0.05, 0.1) is 0 Å². The van der Waals surface area contributed by atoms with E-state index in [9.17, 15) is 0 Å². The van der Waals surface area contributed by atoms with Crippen LogP contribution in [-0.2, 0) is 0 Å². The summed E-state index contributed by atoms with van der Waals surface area (Å²) < 4.78 is 34.7. The Labute approximate surface area is 806 Å². The zero-order valence-corrected chi connectivity index (χ0v) is 80.1. The first kappa shape index (κ1) is 87.2. The van der Waals surface area contributed by atoms with Crippen LogP contribution in [0.15, 0.2) is 454 Å². The molecule has 28 aromatic rings. The van der Waals surface area contributed by atoms with Gasteiger partial charge < -0.3 is 17.7 Å². The molecule has 0 bridgehead atoms. The van der Waals surface area contributed by atoms with Crippen LogP contribution >= 0.6 is 45.3 Å². The Kier molecular flexibility index (Phi) is 24.7. The third-order valence-electron chi connectivity index (χ3n) is 25.3. The lowest BCUT2D eigenvalue weighted by atomic mass is 9.99. The van der Waals surface area contributed by atoms with Gasteiger partial charge in [0.15, 0.2) is 0 Å². The van der Waals surface area contributed by atoms with E-state index in [4.69, 9.17) is 17.7 Å². The first-order chi connectivity index (χ1) is 66.7. The van der Waals surface area contributed by atoms with Crippen LogP contribution < -0.4 is 0 Å². The molecule has 0 fully saturated rings. The zero-order chi connectivity index (χ0) is 92.3. The van der Waals surface area contributed by atoms with Crippen molar-refractivity contribution in [1.29, 1.82) is 0 Å². The normalized spacial score (nSPS) is 11.2. The van der Waals surface area contributed by atoms with E-state index in [1.165, 1.54) is 213 Å². The van der Waals surface area contributed by atoms with E-state index in [0.29, 0.717) is 0 Å². The maximum absolute atomic E-state index is 5.94. The summed E-state index contributed by atoms with van der Waals surface area (Å²) in [6, 6.07) is 153. The van der Waals surface area contributed by atoms with Crippen LogP contribution in [0, 0.1) is 55.4 Å². The van der Waals surface area contributed by atoms with Gasteiger partial charge in [0.25, 0.3) is 0 Å². The number of aryl methyl sites for hydroxylation is 8. The molecule has 0 aliphatic carbocycles. The molecule has 0 radical (unpaired) electrons. The number of para-hydroxylation sites is 4. The lowest BCUT2D eigenvalue weighted by Crippen LogP contribution is -1.80. The molecule has 0 aliphatic heterocycles. The fraction of sp³-hybridized carbons (Fsp3) is 0.0625. The van der Waals surface area contributed by atoms with Gasteiger partial charge in [0.1, 0.15) is 44.7 Å². The van der Waals surface area contributed by atoms with Gasteiger partial charge in [-0.2, -0.15) is 0 Å². The van der Waals surface area contributed by atoms with E-state index < -0.39 is 0 Å². The molecule has 0 saturated heterocycles. The predicted octanol–water partition coefficient (Wildman–Crippen LogP) is 39.7. The minimum absolute atomic E-state index is 0.946. The maximum Gasteiger partial charge on any atom is 0.136 e. The molecule has 28 rings (SSSR count). The number of hydrogen-bond acceptors (Lipinski definition) is 8. The summed E-state index contributed by atoms with van der Waals surface area (Å²) in [6.45, 7) is 17.1. The fourth-order valence-electron chi connectivity index (χ4n) is 18.3. The third-order valence-corrected chi connectivity index (χ3v) is 30.1. The van der Waals surface area contributed by atoms with Crippen molar-refractivity contribution >= 4 is 214 Å². The highest BCUT2D eigenvalue weighted by molar-refractivity contribution is 7.27. The van der Waals surface area contributed by atoms with Crippen molar-refractivity contribution in [2.24, 2.45) is 0 Å². The molecule has 8 heteroatoms. The number of hydrogen-bond donors (Lipinski definition) is 0. The van der Waals surface area contributed by atoms with Gasteiger partial charge in [0, 0.05) is 124 Å². The first-order valence-electron chi connectivity index (χ1n) is 46.1. The molecule has 656 valence electrons. The Morgan fingerprint density at radius 2 is 0.471 bits per heavy atom. The topological polar surface area (TPSA) is 52.6 Å². The highest BCUT2D eigenvalue weighted by atomic mass is 32.1. The highest BCUT2D eigenvalue weighted by Crippen LogP contribution is 2.43. The van der Waals surface area contributed by atoms with E-state index >= 15 is 0 Å². The van der Waals surface area contributed by atoms with E-state index in [2.05, 4.69) is 432 Å². The average molecular weight is 1830 g/mol. The molecule has 0 N–H and O–H groups in total. The molecule has 8 aromatic heterocycles. The molecular formula is C128H96O4S4. The summed E-state index contributed by atoms with van der Waals surface area (Å²) in [7, 11) is 0. The second kappa shape index (κ2) is 38.6. The van der Waals surface area contributed by atoms with Crippen molar-refractivity contribution < 1.29 is 17.7 Å². The molecular weight excluding hydrogens is 1730 g/mol. The molecule has 4 nitrogen and oxygen atoms in total. The first-order valence-corrected chi connectivity index (χ1v) is 49.4. The molecule has 0 atom stereocenters. The summed E-state index contributed by atoms with van der Waals surface area (Å²) in [4.78, 5) is 0. The number of rotatable bonds is 4. The summed E-state index contributed by atoms with van der Waals surface area (Å²) in [6.07, 6.45) is 0. The average Bonchev–Trinajstić information content (AvgIpc) is 1.62. The van der Waals surface area contributed by atoms with Crippen molar-refractivity contribution in [3.63, 3.8) is 0 Å². The Balaban J connectivity index is 0.0000000934. The molecule has 0 unspecified atom stereocenters. The Bertz CT molecular complexity index is 9080. The minimum atomic E-state index is 0.946. The smallest absolute Gasteiger partial charge is 0.136 e. The minimum Gasteiger partial charge on any atom is -0.456 e. The predicted molar refractivity (Wildman–Crippen MR) is 592 cm³/mol. The maximum atomic E-state index is 5.94. The Morgan fingerprint density at radius 3 is 1.01 bits per heavy atom. The van der Waals surface area contributed by atoms with Crippen molar-refractivity contribution in [2.75, 3.05) is 0 Å².